The molecule has 0 aliphatic rings. The summed E-state index contributed by atoms with van der Waals surface area (Å²) in [4.78, 5) is 30.0. The summed E-state index contributed by atoms with van der Waals surface area (Å²) in [5.41, 5.74) is 0.423. The van der Waals surface area contributed by atoms with E-state index in [4.69, 9.17) is 11.6 Å². The molecule has 0 bridgehead atoms. The molecular formula is C23H18ClFN4O3. The van der Waals surface area contributed by atoms with Crippen molar-refractivity contribution < 1.29 is 9.50 Å². The van der Waals surface area contributed by atoms with E-state index in [1.54, 1.807) is 36.4 Å². The quantitative estimate of drug-likeness (QED) is 0.435. The zero-order valence-electron chi connectivity index (χ0n) is 16.7. The van der Waals surface area contributed by atoms with Crippen LogP contribution < -0.4 is 16.7 Å². The van der Waals surface area contributed by atoms with Gasteiger partial charge in [-0.1, -0.05) is 54.1 Å². The average molecular weight is 453 g/mol. The molecule has 4 aromatic rings. The van der Waals surface area contributed by atoms with Gasteiger partial charge in [0.1, 0.15) is 0 Å². The molecule has 9 heteroatoms. The van der Waals surface area contributed by atoms with Crippen molar-refractivity contribution in [2.75, 3.05) is 5.32 Å². The van der Waals surface area contributed by atoms with E-state index in [1.165, 1.54) is 10.6 Å². The highest BCUT2D eigenvalue weighted by atomic mass is 35.5. The van der Waals surface area contributed by atoms with Gasteiger partial charge in [0.05, 0.1) is 13.1 Å². The van der Waals surface area contributed by atoms with Crippen molar-refractivity contribution in [3.8, 4) is 5.75 Å². The van der Waals surface area contributed by atoms with Gasteiger partial charge in [-0.3, -0.25) is 4.57 Å². The fourth-order valence-electron chi connectivity index (χ4n) is 3.15. The molecule has 0 atom stereocenters. The predicted molar refractivity (Wildman–Crippen MR) is 120 cm³/mol. The lowest BCUT2D eigenvalue weighted by Crippen LogP contribution is -2.43. The fraction of sp³-hybridized carbons (Fsp3) is 0.0870. The molecule has 0 saturated heterocycles. The fourth-order valence-corrected chi connectivity index (χ4v) is 3.28. The van der Waals surface area contributed by atoms with Crippen LogP contribution in [0.1, 0.15) is 11.1 Å². The molecule has 0 radical (unpaired) electrons. The van der Waals surface area contributed by atoms with Gasteiger partial charge in [0.2, 0.25) is 5.95 Å². The molecule has 7 nitrogen and oxygen atoms in total. The van der Waals surface area contributed by atoms with E-state index in [2.05, 4.69) is 10.3 Å². The van der Waals surface area contributed by atoms with E-state index < -0.39 is 22.9 Å². The molecule has 0 fully saturated rings. The Kier molecular flexibility index (Phi) is 6.04. The summed E-state index contributed by atoms with van der Waals surface area (Å²) < 4.78 is 16.1. The maximum Gasteiger partial charge on any atom is 0.355 e. The highest BCUT2D eigenvalue weighted by Crippen LogP contribution is 2.21. The Morgan fingerprint density at radius 2 is 1.56 bits per heavy atom. The zero-order chi connectivity index (χ0) is 22.7. The monoisotopic (exact) mass is 452 g/mol. The van der Waals surface area contributed by atoms with Crippen LogP contribution in [0.5, 0.6) is 5.75 Å². The van der Waals surface area contributed by atoms with E-state index >= 15 is 0 Å². The number of benzene rings is 3. The second-order valence-corrected chi connectivity index (χ2v) is 7.51. The van der Waals surface area contributed by atoms with Crippen molar-refractivity contribution in [2.24, 2.45) is 0 Å². The van der Waals surface area contributed by atoms with Crippen LogP contribution in [-0.2, 0) is 13.1 Å². The maximum absolute atomic E-state index is 13.8. The minimum Gasteiger partial charge on any atom is -0.505 e. The van der Waals surface area contributed by atoms with Crippen LogP contribution in [0.4, 0.5) is 16.0 Å². The van der Waals surface area contributed by atoms with Crippen LogP contribution in [-0.4, -0.2) is 19.2 Å². The van der Waals surface area contributed by atoms with Gasteiger partial charge in [-0.2, -0.15) is 4.98 Å². The molecule has 0 amide bonds. The van der Waals surface area contributed by atoms with Gasteiger partial charge in [0.15, 0.2) is 11.6 Å². The molecule has 3 aromatic carbocycles. The number of hydrogen-bond donors (Lipinski definition) is 2. The van der Waals surface area contributed by atoms with Gasteiger partial charge in [-0.05, 0) is 35.4 Å². The second kappa shape index (κ2) is 9.07. The van der Waals surface area contributed by atoms with Gasteiger partial charge in [-0.25, -0.2) is 18.5 Å². The number of phenols is 1. The Labute approximate surface area is 187 Å². The number of halogens is 2. The summed E-state index contributed by atoms with van der Waals surface area (Å²) in [5, 5.41) is 12.8. The van der Waals surface area contributed by atoms with Gasteiger partial charge in [0.25, 0.3) is 0 Å². The first-order valence-corrected chi connectivity index (χ1v) is 10.0. The van der Waals surface area contributed by atoms with Gasteiger partial charge < -0.3 is 10.4 Å². The molecule has 162 valence electrons. The van der Waals surface area contributed by atoms with Gasteiger partial charge in [-0.15, -0.1) is 0 Å². The number of nitrogens with one attached hydrogen (secondary N) is 1. The lowest BCUT2D eigenvalue weighted by molar-refractivity contribution is 0.432. The van der Waals surface area contributed by atoms with Crippen molar-refractivity contribution in [1.82, 2.24) is 14.1 Å². The van der Waals surface area contributed by atoms with Crippen LogP contribution in [0.25, 0.3) is 0 Å². The topological polar surface area (TPSA) is 89.2 Å². The molecule has 32 heavy (non-hydrogen) atoms. The highest BCUT2D eigenvalue weighted by molar-refractivity contribution is 6.30. The van der Waals surface area contributed by atoms with Crippen molar-refractivity contribution in [2.45, 2.75) is 13.1 Å². The first-order valence-electron chi connectivity index (χ1n) is 9.66. The molecule has 0 aliphatic heterocycles. The normalized spacial score (nSPS) is 10.8. The Bertz CT molecular complexity index is 1370. The number of nitrogens with zero attached hydrogens (tertiary/aromatic N) is 3. The molecule has 0 unspecified atom stereocenters. The van der Waals surface area contributed by atoms with Gasteiger partial charge in [0, 0.05) is 16.8 Å². The summed E-state index contributed by atoms with van der Waals surface area (Å²) in [7, 11) is 0. The smallest absolute Gasteiger partial charge is 0.355 e. The highest BCUT2D eigenvalue weighted by Gasteiger charge is 2.15. The third-order valence-electron chi connectivity index (χ3n) is 4.79. The van der Waals surface area contributed by atoms with E-state index in [0.29, 0.717) is 5.02 Å². The van der Waals surface area contributed by atoms with E-state index in [-0.39, 0.29) is 24.7 Å². The number of aromatic hydroxyl groups is 1. The first kappa shape index (κ1) is 21.3. The molecular weight excluding hydrogens is 435 g/mol. The van der Waals surface area contributed by atoms with Crippen LogP contribution >= 0.6 is 11.6 Å². The summed E-state index contributed by atoms with van der Waals surface area (Å²) >= 11 is 5.95. The third-order valence-corrected chi connectivity index (χ3v) is 5.04. The summed E-state index contributed by atoms with van der Waals surface area (Å²) in [6, 6.07) is 19.6. The number of hydrogen-bond acceptors (Lipinski definition) is 5. The third kappa shape index (κ3) is 4.70. The minimum absolute atomic E-state index is 0.0515. The standard InChI is InChI=1S/C23H18ClFN4O3/c24-17-8-6-16(7-9-17)13-28-21(26-18-10-11-20(30)19(25)12-18)27-22(31)29(23(28)32)14-15-4-2-1-3-5-15/h1-12,30H,13-14H2,(H,26,27,31). The summed E-state index contributed by atoms with van der Waals surface area (Å²) in [5.74, 6) is -1.41. The van der Waals surface area contributed by atoms with E-state index in [0.717, 1.165) is 27.8 Å². The number of rotatable bonds is 6. The lowest BCUT2D eigenvalue weighted by atomic mass is 10.2. The van der Waals surface area contributed by atoms with Crippen LogP contribution in [0, 0.1) is 5.82 Å². The van der Waals surface area contributed by atoms with Crippen LogP contribution in [0.2, 0.25) is 5.02 Å². The summed E-state index contributed by atoms with van der Waals surface area (Å²) in [6.07, 6.45) is 0. The zero-order valence-corrected chi connectivity index (χ0v) is 17.5. The Balaban J connectivity index is 1.80. The predicted octanol–water partition coefficient (Wildman–Crippen LogP) is 3.74. The van der Waals surface area contributed by atoms with Crippen molar-refractivity contribution in [3.05, 3.63) is 116 Å². The average Bonchev–Trinajstić information content (AvgIpc) is 2.78. The van der Waals surface area contributed by atoms with Crippen LogP contribution in [0.15, 0.2) is 82.4 Å². The molecule has 0 spiro atoms. The van der Waals surface area contributed by atoms with Crippen molar-refractivity contribution in [3.63, 3.8) is 0 Å². The number of phenolic OH excluding ortho intramolecular Hbond substituents is 1. The molecule has 0 saturated carbocycles. The largest absolute Gasteiger partial charge is 0.505 e. The van der Waals surface area contributed by atoms with E-state index in [9.17, 15) is 19.1 Å². The molecule has 1 aromatic heterocycles. The molecule has 1 heterocycles. The lowest BCUT2D eigenvalue weighted by Gasteiger charge is -2.16. The SMILES string of the molecule is O=c1nc(Nc2ccc(O)c(F)c2)n(Cc2ccc(Cl)cc2)c(=O)n1Cc1ccccc1. The Hall–Kier alpha value is -3.91. The van der Waals surface area contributed by atoms with E-state index in [1.807, 2.05) is 18.2 Å². The Morgan fingerprint density at radius 3 is 2.25 bits per heavy atom. The number of aromatic nitrogens is 3. The maximum atomic E-state index is 13.8. The van der Waals surface area contributed by atoms with Crippen molar-refractivity contribution in [1.29, 1.82) is 0 Å². The second-order valence-electron chi connectivity index (χ2n) is 7.08. The molecule has 4 rings (SSSR count). The molecule has 2 N–H and O–H groups in total. The van der Waals surface area contributed by atoms with Gasteiger partial charge >= 0.3 is 11.4 Å². The van der Waals surface area contributed by atoms with Crippen LogP contribution in [0.3, 0.4) is 0 Å². The van der Waals surface area contributed by atoms with Crippen molar-refractivity contribution >= 4 is 23.2 Å². The Morgan fingerprint density at radius 1 is 0.906 bits per heavy atom. The number of anilines is 2. The summed E-state index contributed by atoms with van der Waals surface area (Å²) in [6.45, 7) is 0.154. The minimum atomic E-state index is -0.848. The molecule has 0 aliphatic carbocycles. The first-order chi connectivity index (χ1) is 15.4.